The predicted octanol–water partition coefficient (Wildman–Crippen LogP) is 2.68. The molecule has 4 heteroatoms. The van der Waals surface area contributed by atoms with E-state index in [0.717, 1.165) is 5.56 Å². The maximum atomic E-state index is 10.6. The summed E-state index contributed by atoms with van der Waals surface area (Å²) in [6.07, 6.45) is 2.94. The largest absolute Gasteiger partial charge is 0.478 e. The third-order valence-corrected chi connectivity index (χ3v) is 2.27. The van der Waals surface area contributed by atoms with E-state index in [-0.39, 0.29) is 5.56 Å². The van der Waals surface area contributed by atoms with Crippen LogP contribution in [0.1, 0.15) is 15.9 Å². The van der Waals surface area contributed by atoms with Gasteiger partial charge in [-0.1, -0.05) is 22.0 Å². The number of carbonyl (C=O) groups is 1. The first-order chi connectivity index (χ1) is 6.65. The van der Waals surface area contributed by atoms with Gasteiger partial charge < -0.3 is 5.11 Å². The molecular formula is C10H6BrNO2. The Morgan fingerprint density at radius 3 is 2.79 bits per heavy atom. The number of nitrogens with zero attached hydrogens (tertiary/aromatic N) is 1. The van der Waals surface area contributed by atoms with Gasteiger partial charge in [-0.25, -0.2) is 4.79 Å². The van der Waals surface area contributed by atoms with Gasteiger partial charge in [0.15, 0.2) is 0 Å². The van der Waals surface area contributed by atoms with Gasteiger partial charge in [0.05, 0.1) is 11.6 Å². The van der Waals surface area contributed by atoms with Crippen LogP contribution in [-0.2, 0) is 0 Å². The fourth-order valence-electron chi connectivity index (χ4n) is 0.922. The predicted molar refractivity (Wildman–Crippen MR) is 55.7 cm³/mol. The van der Waals surface area contributed by atoms with Crippen LogP contribution in [0.15, 0.2) is 28.7 Å². The van der Waals surface area contributed by atoms with Gasteiger partial charge in [-0.05, 0) is 23.8 Å². The second-order valence-corrected chi connectivity index (χ2v) is 3.36. The molecule has 1 aromatic rings. The van der Waals surface area contributed by atoms with E-state index in [4.69, 9.17) is 10.4 Å². The molecule has 1 rings (SSSR count). The van der Waals surface area contributed by atoms with E-state index in [2.05, 4.69) is 15.9 Å². The van der Waals surface area contributed by atoms with Crippen molar-refractivity contribution in [3.63, 3.8) is 0 Å². The number of nitriles is 1. The van der Waals surface area contributed by atoms with Crippen molar-refractivity contribution in [2.24, 2.45) is 0 Å². The van der Waals surface area contributed by atoms with Crippen LogP contribution in [0.25, 0.3) is 6.08 Å². The summed E-state index contributed by atoms with van der Waals surface area (Å²) in [5.74, 6) is -0.971. The highest BCUT2D eigenvalue weighted by Gasteiger charge is 2.04. The lowest BCUT2D eigenvalue weighted by Crippen LogP contribution is -1.95. The Hall–Kier alpha value is -1.60. The number of carboxylic acids is 1. The van der Waals surface area contributed by atoms with E-state index in [9.17, 15) is 4.79 Å². The number of benzene rings is 1. The van der Waals surface area contributed by atoms with Crippen molar-refractivity contribution < 1.29 is 9.90 Å². The monoisotopic (exact) mass is 251 g/mol. The molecule has 0 radical (unpaired) electrons. The molecule has 0 aliphatic rings. The molecule has 0 saturated heterocycles. The van der Waals surface area contributed by atoms with E-state index in [1.165, 1.54) is 18.2 Å². The van der Waals surface area contributed by atoms with Crippen molar-refractivity contribution in [3.8, 4) is 6.07 Å². The minimum absolute atomic E-state index is 0.214. The van der Waals surface area contributed by atoms with Crippen molar-refractivity contribution in [2.75, 3.05) is 0 Å². The van der Waals surface area contributed by atoms with E-state index < -0.39 is 5.97 Å². The van der Waals surface area contributed by atoms with Crippen molar-refractivity contribution >= 4 is 28.0 Å². The number of hydrogen-bond acceptors (Lipinski definition) is 2. The third-order valence-electron chi connectivity index (χ3n) is 1.58. The standard InChI is InChI=1S/C10H6BrNO2/c11-9-6-8(10(13)14)4-3-7(9)2-1-5-12/h1-4,6H,(H,13,14). The van der Waals surface area contributed by atoms with E-state index in [1.807, 2.05) is 6.07 Å². The lowest BCUT2D eigenvalue weighted by atomic mass is 10.1. The Balaban J connectivity index is 3.09. The molecule has 1 aromatic carbocycles. The molecule has 0 aliphatic carbocycles. The number of carboxylic acid groups (broad SMARTS) is 1. The maximum absolute atomic E-state index is 10.6. The average molecular weight is 252 g/mol. The summed E-state index contributed by atoms with van der Waals surface area (Å²) >= 11 is 3.22. The van der Waals surface area contributed by atoms with E-state index in [1.54, 1.807) is 12.1 Å². The van der Waals surface area contributed by atoms with Crippen LogP contribution < -0.4 is 0 Å². The molecule has 0 aromatic heterocycles. The zero-order valence-corrected chi connectivity index (χ0v) is 8.65. The van der Waals surface area contributed by atoms with E-state index >= 15 is 0 Å². The van der Waals surface area contributed by atoms with Gasteiger partial charge in [0.25, 0.3) is 0 Å². The molecule has 0 atom stereocenters. The lowest BCUT2D eigenvalue weighted by molar-refractivity contribution is 0.0697. The van der Waals surface area contributed by atoms with Crippen molar-refractivity contribution in [2.45, 2.75) is 0 Å². The Labute approximate surface area is 89.4 Å². The first-order valence-corrected chi connectivity index (χ1v) is 4.53. The van der Waals surface area contributed by atoms with Crippen LogP contribution in [0.3, 0.4) is 0 Å². The van der Waals surface area contributed by atoms with Crippen LogP contribution in [0.5, 0.6) is 0 Å². The number of aromatic carboxylic acids is 1. The van der Waals surface area contributed by atoms with Crippen molar-refractivity contribution in [1.29, 1.82) is 5.26 Å². The smallest absolute Gasteiger partial charge is 0.335 e. The molecule has 14 heavy (non-hydrogen) atoms. The quantitative estimate of drug-likeness (QED) is 0.823. The van der Waals surface area contributed by atoms with E-state index in [0.29, 0.717) is 4.47 Å². The molecule has 0 bridgehead atoms. The molecule has 0 aliphatic heterocycles. The highest BCUT2D eigenvalue weighted by molar-refractivity contribution is 9.10. The number of allylic oxidation sites excluding steroid dienone is 1. The Morgan fingerprint density at radius 1 is 1.57 bits per heavy atom. The minimum atomic E-state index is -0.971. The number of rotatable bonds is 2. The van der Waals surface area contributed by atoms with Gasteiger partial charge in [0.2, 0.25) is 0 Å². The Kier molecular flexibility index (Phi) is 3.43. The van der Waals surface area contributed by atoms with Gasteiger partial charge in [-0.2, -0.15) is 5.26 Å². The molecule has 1 N–H and O–H groups in total. The number of hydrogen-bond donors (Lipinski definition) is 1. The Bertz CT molecular complexity index is 432. The maximum Gasteiger partial charge on any atom is 0.335 e. The summed E-state index contributed by atoms with van der Waals surface area (Å²) in [5, 5.41) is 17.0. The normalized spacial score (nSPS) is 10.0. The van der Waals surface area contributed by atoms with Crippen LogP contribution in [-0.4, -0.2) is 11.1 Å². The first-order valence-electron chi connectivity index (χ1n) is 3.74. The molecule has 3 nitrogen and oxygen atoms in total. The summed E-state index contributed by atoms with van der Waals surface area (Å²) in [5.41, 5.74) is 0.988. The van der Waals surface area contributed by atoms with Crippen molar-refractivity contribution in [3.05, 3.63) is 39.9 Å². The molecule has 0 heterocycles. The average Bonchev–Trinajstić information content (AvgIpc) is 2.15. The summed E-state index contributed by atoms with van der Waals surface area (Å²) in [7, 11) is 0. The van der Waals surface area contributed by atoms with Crippen LogP contribution in [0.2, 0.25) is 0 Å². The summed E-state index contributed by atoms with van der Waals surface area (Å²) < 4.78 is 0.656. The minimum Gasteiger partial charge on any atom is -0.478 e. The lowest BCUT2D eigenvalue weighted by Gasteiger charge is -1.99. The zero-order valence-electron chi connectivity index (χ0n) is 7.07. The summed E-state index contributed by atoms with van der Waals surface area (Å²) in [6.45, 7) is 0. The van der Waals surface area contributed by atoms with Crippen LogP contribution in [0, 0.1) is 11.3 Å². The van der Waals surface area contributed by atoms with Gasteiger partial charge in [0, 0.05) is 10.5 Å². The Morgan fingerprint density at radius 2 is 2.29 bits per heavy atom. The molecule has 0 spiro atoms. The first kappa shape index (κ1) is 10.5. The second-order valence-electron chi connectivity index (χ2n) is 2.50. The number of halogens is 1. The van der Waals surface area contributed by atoms with Gasteiger partial charge in [-0.15, -0.1) is 0 Å². The fourth-order valence-corrected chi connectivity index (χ4v) is 1.43. The zero-order chi connectivity index (χ0) is 10.6. The van der Waals surface area contributed by atoms with Crippen molar-refractivity contribution in [1.82, 2.24) is 0 Å². The van der Waals surface area contributed by atoms with Crippen LogP contribution >= 0.6 is 15.9 Å². The van der Waals surface area contributed by atoms with Gasteiger partial charge >= 0.3 is 5.97 Å². The van der Waals surface area contributed by atoms with Gasteiger partial charge in [-0.3, -0.25) is 0 Å². The third kappa shape index (κ3) is 2.44. The molecule has 0 amide bonds. The molecule has 0 fully saturated rings. The summed E-state index contributed by atoms with van der Waals surface area (Å²) in [6, 6.07) is 6.49. The summed E-state index contributed by atoms with van der Waals surface area (Å²) in [4.78, 5) is 10.6. The molecule has 70 valence electrons. The van der Waals surface area contributed by atoms with Crippen LogP contribution in [0.4, 0.5) is 0 Å². The van der Waals surface area contributed by atoms with Gasteiger partial charge in [0.1, 0.15) is 0 Å². The molecule has 0 saturated carbocycles. The molecular weight excluding hydrogens is 246 g/mol. The SMILES string of the molecule is N#CC=Cc1ccc(C(=O)O)cc1Br. The fraction of sp³-hybridized carbons (Fsp3) is 0. The second kappa shape index (κ2) is 4.58. The molecule has 0 unspecified atom stereocenters. The highest BCUT2D eigenvalue weighted by Crippen LogP contribution is 2.19. The highest BCUT2D eigenvalue weighted by atomic mass is 79.9. The topological polar surface area (TPSA) is 61.1 Å².